The van der Waals surface area contributed by atoms with E-state index in [-0.39, 0.29) is 5.91 Å². The summed E-state index contributed by atoms with van der Waals surface area (Å²) in [4.78, 5) is 21.0. The molecule has 0 saturated carbocycles. The Balaban J connectivity index is 1.33. The minimum absolute atomic E-state index is 0.0357. The first-order valence-electron chi connectivity index (χ1n) is 9.84. The molecule has 0 radical (unpaired) electrons. The topological polar surface area (TPSA) is 83.5 Å². The molecule has 30 heavy (non-hydrogen) atoms. The highest BCUT2D eigenvalue weighted by Crippen LogP contribution is 2.19. The maximum absolute atomic E-state index is 12.7. The van der Waals surface area contributed by atoms with Crippen molar-refractivity contribution in [2.24, 2.45) is 0 Å². The number of aromatic nitrogens is 3. The molecule has 0 aliphatic carbocycles. The number of rotatable bonds is 5. The molecule has 8 nitrogen and oxygen atoms in total. The first kappa shape index (κ1) is 19.6. The average Bonchev–Trinajstić information content (AvgIpc) is 2.79. The molecule has 1 N–H and O–H groups in total. The monoisotopic (exact) mass is 404 g/mol. The Morgan fingerprint density at radius 2 is 1.73 bits per heavy atom. The van der Waals surface area contributed by atoms with E-state index in [1.807, 2.05) is 36.1 Å². The number of carbonyl (C=O) groups is 1. The van der Waals surface area contributed by atoms with Crippen LogP contribution in [0.3, 0.4) is 0 Å². The van der Waals surface area contributed by atoms with Crippen molar-refractivity contribution in [1.82, 2.24) is 20.1 Å². The van der Waals surface area contributed by atoms with E-state index in [2.05, 4.69) is 25.4 Å². The van der Waals surface area contributed by atoms with Gasteiger partial charge in [0, 0.05) is 37.9 Å². The molecular weight excluding hydrogens is 380 g/mol. The zero-order chi connectivity index (χ0) is 20.9. The molecule has 4 rings (SSSR count). The Bertz CT molecular complexity index is 999. The fourth-order valence-corrected chi connectivity index (χ4v) is 3.35. The van der Waals surface area contributed by atoms with Crippen molar-refractivity contribution in [2.45, 2.75) is 6.92 Å². The lowest BCUT2D eigenvalue weighted by molar-refractivity contribution is 0.0746. The predicted molar refractivity (Wildman–Crippen MR) is 115 cm³/mol. The largest absolute Gasteiger partial charge is 0.497 e. The number of benzene rings is 1. The molecule has 1 aliphatic heterocycles. The second-order valence-electron chi connectivity index (χ2n) is 7.13. The molecule has 1 fully saturated rings. The van der Waals surface area contributed by atoms with Gasteiger partial charge in [-0.2, -0.15) is 0 Å². The van der Waals surface area contributed by atoms with Crippen LogP contribution in [-0.2, 0) is 0 Å². The number of methoxy groups -OCH3 is 1. The summed E-state index contributed by atoms with van der Waals surface area (Å²) in [5, 5.41) is 11.8. The Kier molecular flexibility index (Phi) is 5.74. The van der Waals surface area contributed by atoms with E-state index in [0.717, 1.165) is 22.9 Å². The number of ether oxygens (including phenoxy) is 1. The molecule has 1 saturated heterocycles. The second kappa shape index (κ2) is 8.77. The first-order valence-corrected chi connectivity index (χ1v) is 9.84. The third-order valence-corrected chi connectivity index (χ3v) is 5.05. The third-order valence-electron chi connectivity index (χ3n) is 5.05. The van der Waals surface area contributed by atoms with Gasteiger partial charge in [-0.3, -0.25) is 4.79 Å². The third kappa shape index (κ3) is 4.48. The van der Waals surface area contributed by atoms with Crippen molar-refractivity contribution < 1.29 is 9.53 Å². The summed E-state index contributed by atoms with van der Waals surface area (Å²) in [7, 11) is 1.61. The number of amides is 1. The fourth-order valence-electron chi connectivity index (χ4n) is 3.35. The molecule has 0 unspecified atom stereocenters. The van der Waals surface area contributed by atoms with Crippen molar-refractivity contribution in [2.75, 3.05) is 43.5 Å². The van der Waals surface area contributed by atoms with Crippen LogP contribution in [0.1, 0.15) is 15.9 Å². The van der Waals surface area contributed by atoms with Crippen LogP contribution in [0.2, 0.25) is 0 Å². The zero-order valence-corrected chi connectivity index (χ0v) is 17.1. The van der Waals surface area contributed by atoms with E-state index >= 15 is 0 Å². The second-order valence-corrected chi connectivity index (χ2v) is 7.13. The molecule has 2 aromatic heterocycles. The summed E-state index contributed by atoms with van der Waals surface area (Å²) in [6.07, 6.45) is 1.76. The van der Waals surface area contributed by atoms with Gasteiger partial charge in [-0.05, 0) is 61.0 Å². The molecule has 0 atom stereocenters. The lowest BCUT2D eigenvalue weighted by Crippen LogP contribution is -2.49. The van der Waals surface area contributed by atoms with Crippen molar-refractivity contribution in [1.29, 1.82) is 0 Å². The van der Waals surface area contributed by atoms with E-state index in [0.29, 0.717) is 37.6 Å². The van der Waals surface area contributed by atoms with Crippen LogP contribution in [0.25, 0.3) is 0 Å². The quantitative estimate of drug-likeness (QED) is 0.700. The van der Waals surface area contributed by atoms with Crippen molar-refractivity contribution in [3.63, 3.8) is 0 Å². The molecule has 1 aromatic carbocycles. The number of carbonyl (C=O) groups excluding carboxylic acids is 1. The Labute approximate surface area is 175 Å². The van der Waals surface area contributed by atoms with Crippen molar-refractivity contribution in [3.05, 3.63) is 65.9 Å². The van der Waals surface area contributed by atoms with Gasteiger partial charge < -0.3 is 19.9 Å². The number of nitrogens with zero attached hydrogens (tertiary/aromatic N) is 5. The molecule has 0 bridgehead atoms. The number of hydrogen-bond donors (Lipinski definition) is 1. The van der Waals surface area contributed by atoms with Crippen molar-refractivity contribution >= 4 is 23.4 Å². The number of hydrogen-bond acceptors (Lipinski definition) is 7. The molecule has 1 aliphatic rings. The zero-order valence-electron chi connectivity index (χ0n) is 17.1. The summed E-state index contributed by atoms with van der Waals surface area (Å²) < 4.78 is 5.15. The standard InChI is InChI=1S/C22H24N6O2/c1-16-9-10-23-20(15-16)24-19-7-8-21(26-25-19)27-11-13-28(14-12-27)22(29)17-3-5-18(30-2)6-4-17/h3-10,15H,11-14H2,1-2H3,(H,23,24,25). The normalized spacial score (nSPS) is 13.8. The van der Waals surface area contributed by atoms with E-state index < -0.39 is 0 Å². The number of anilines is 3. The Hall–Kier alpha value is -3.68. The van der Waals surface area contributed by atoms with Crippen LogP contribution in [0, 0.1) is 6.92 Å². The molecule has 154 valence electrons. The van der Waals surface area contributed by atoms with Crippen LogP contribution in [0.5, 0.6) is 5.75 Å². The van der Waals surface area contributed by atoms with Gasteiger partial charge in [-0.1, -0.05) is 0 Å². The lowest BCUT2D eigenvalue weighted by atomic mass is 10.1. The van der Waals surface area contributed by atoms with E-state index in [9.17, 15) is 4.79 Å². The van der Waals surface area contributed by atoms with Gasteiger partial charge in [0.2, 0.25) is 0 Å². The van der Waals surface area contributed by atoms with E-state index in [1.54, 1.807) is 37.6 Å². The molecule has 3 aromatic rings. The number of pyridine rings is 1. The van der Waals surface area contributed by atoms with Gasteiger partial charge in [0.05, 0.1) is 7.11 Å². The minimum atomic E-state index is 0.0357. The van der Waals surface area contributed by atoms with Gasteiger partial charge in [-0.25, -0.2) is 4.98 Å². The maximum atomic E-state index is 12.7. The van der Waals surface area contributed by atoms with E-state index in [1.165, 1.54) is 0 Å². The predicted octanol–water partition coefficient (Wildman–Crippen LogP) is 2.89. The van der Waals surface area contributed by atoms with Crippen LogP contribution in [-0.4, -0.2) is 59.3 Å². The number of piperazine rings is 1. The van der Waals surface area contributed by atoms with Crippen LogP contribution >= 0.6 is 0 Å². The molecule has 3 heterocycles. The fraction of sp³-hybridized carbons (Fsp3) is 0.273. The summed E-state index contributed by atoms with van der Waals surface area (Å²) in [6, 6.07) is 14.9. The molecule has 1 amide bonds. The van der Waals surface area contributed by atoms with E-state index in [4.69, 9.17) is 4.74 Å². The van der Waals surface area contributed by atoms with Gasteiger partial charge in [0.25, 0.3) is 5.91 Å². The highest BCUT2D eigenvalue weighted by atomic mass is 16.5. The molecule has 8 heteroatoms. The smallest absolute Gasteiger partial charge is 0.253 e. The van der Waals surface area contributed by atoms with Gasteiger partial charge in [0.15, 0.2) is 11.6 Å². The van der Waals surface area contributed by atoms with Crippen molar-refractivity contribution in [3.8, 4) is 5.75 Å². The van der Waals surface area contributed by atoms with Gasteiger partial charge in [-0.15, -0.1) is 10.2 Å². The lowest BCUT2D eigenvalue weighted by Gasteiger charge is -2.35. The van der Waals surface area contributed by atoms with Crippen LogP contribution in [0.15, 0.2) is 54.7 Å². The summed E-state index contributed by atoms with van der Waals surface area (Å²) in [6.45, 7) is 4.71. The summed E-state index contributed by atoms with van der Waals surface area (Å²) in [5.74, 6) is 2.96. The molecular formula is C22H24N6O2. The Morgan fingerprint density at radius 3 is 2.37 bits per heavy atom. The number of aryl methyl sites for hydroxylation is 1. The average molecular weight is 404 g/mol. The van der Waals surface area contributed by atoms with Gasteiger partial charge in [0.1, 0.15) is 11.6 Å². The Morgan fingerprint density at radius 1 is 0.967 bits per heavy atom. The minimum Gasteiger partial charge on any atom is -0.497 e. The van der Waals surface area contributed by atoms with Gasteiger partial charge >= 0.3 is 0 Å². The summed E-state index contributed by atoms with van der Waals surface area (Å²) in [5.41, 5.74) is 1.79. The molecule has 0 spiro atoms. The number of nitrogens with one attached hydrogen (secondary N) is 1. The first-order chi connectivity index (χ1) is 14.6. The highest BCUT2D eigenvalue weighted by Gasteiger charge is 2.23. The van der Waals surface area contributed by atoms with Crippen LogP contribution < -0.4 is 15.0 Å². The maximum Gasteiger partial charge on any atom is 0.253 e. The summed E-state index contributed by atoms with van der Waals surface area (Å²) >= 11 is 0. The highest BCUT2D eigenvalue weighted by molar-refractivity contribution is 5.94. The van der Waals surface area contributed by atoms with Crippen LogP contribution in [0.4, 0.5) is 17.5 Å². The SMILES string of the molecule is COc1ccc(C(=O)N2CCN(c3ccc(Nc4cc(C)ccn4)nn3)CC2)cc1.